The normalized spacial score (nSPS) is 17.6. The van der Waals surface area contributed by atoms with Crippen LogP contribution in [-0.2, 0) is 6.42 Å². The van der Waals surface area contributed by atoms with E-state index in [4.69, 9.17) is 5.26 Å². The van der Waals surface area contributed by atoms with Gasteiger partial charge in [-0.05, 0) is 38.1 Å². The van der Waals surface area contributed by atoms with E-state index in [2.05, 4.69) is 29.0 Å². The van der Waals surface area contributed by atoms with Gasteiger partial charge in [-0.15, -0.1) is 0 Å². The number of aryl methyl sites for hydroxylation is 1. The Morgan fingerprint density at radius 1 is 1.17 bits per heavy atom. The Hall–Kier alpha value is -1.37. The summed E-state index contributed by atoms with van der Waals surface area (Å²) in [6.07, 6.45) is 2.15. The molecule has 18 heavy (non-hydrogen) atoms. The Bertz CT molecular complexity index is 414. The minimum absolute atomic E-state index is 0.830. The predicted octanol–water partition coefficient (Wildman–Crippen LogP) is 1.74. The smallest absolute Gasteiger partial charge is 0.0994 e. The molecule has 0 unspecified atom stereocenters. The molecule has 1 aliphatic heterocycles. The van der Waals surface area contributed by atoms with Gasteiger partial charge in [0.25, 0.3) is 0 Å². The van der Waals surface area contributed by atoms with Gasteiger partial charge in [-0.1, -0.05) is 18.2 Å². The van der Waals surface area contributed by atoms with Gasteiger partial charge in [-0.25, -0.2) is 0 Å². The minimum atomic E-state index is 0.830. The third kappa shape index (κ3) is 3.56. The van der Waals surface area contributed by atoms with Gasteiger partial charge >= 0.3 is 0 Å². The van der Waals surface area contributed by atoms with Crippen molar-refractivity contribution in [2.24, 2.45) is 0 Å². The summed E-state index contributed by atoms with van der Waals surface area (Å²) in [5, 5.41) is 9.03. The highest BCUT2D eigenvalue weighted by molar-refractivity contribution is 5.37. The average molecular weight is 243 g/mol. The highest BCUT2D eigenvalue weighted by Gasteiger charge is 2.13. The van der Waals surface area contributed by atoms with E-state index in [0.29, 0.717) is 0 Å². The first-order valence-corrected chi connectivity index (χ1v) is 6.68. The van der Waals surface area contributed by atoms with Crippen LogP contribution in [0.4, 0.5) is 0 Å². The predicted molar refractivity (Wildman–Crippen MR) is 73.4 cm³/mol. The van der Waals surface area contributed by atoms with Crippen LogP contribution in [-0.4, -0.2) is 49.6 Å². The second-order valence-electron chi connectivity index (χ2n) is 5.02. The Labute approximate surface area is 110 Å². The second kappa shape index (κ2) is 6.53. The zero-order valence-corrected chi connectivity index (χ0v) is 11.1. The summed E-state index contributed by atoms with van der Waals surface area (Å²) in [6.45, 7) is 5.85. The van der Waals surface area contributed by atoms with Crippen LogP contribution < -0.4 is 0 Å². The molecule has 0 spiro atoms. The van der Waals surface area contributed by atoms with Crippen molar-refractivity contribution in [3.05, 3.63) is 35.4 Å². The third-order valence-corrected chi connectivity index (χ3v) is 3.65. The highest BCUT2D eigenvalue weighted by Crippen LogP contribution is 2.10. The van der Waals surface area contributed by atoms with E-state index in [1.54, 1.807) is 0 Å². The van der Waals surface area contributed by atoms with Gasteiger partial charge in [0.1, 0.15) is 0 Å². The van der Waals surface area contributed by atoms with E-state index in [1.807, 2.05) is 18.2 Å². The second-order valence-corrected chi connectivity index (χ2v) is 5.02. The molecule has 0 saturated carbocycles. The van der Waals surface area contributed by atoms with Crippen LogP contribution in [0.1, 0.15) is 17.5 Å². The van der Waals surface area contributed by atoms with Gasteiger partial charge in [0.2, 0.25) is 0 Å². The molecule has 1 saturated heterocycles. The number of hydrogen-bond donors (Lipinski definition) is 0. The average Bonchev–Trinajstić information content (AvgIpc) is 2.41. The van der Waals surface area contributed by atoms with Crippen molar-refractivity contribution in [3.63, 3.8) is 0 Å². The molecular formula is C15H21N3. The summed E-state index contributed by atoms with van der Waals surface area (Å²) in [5.74, 6) is 0. The summed E-state index contributed by atoms with van der Waals surface area (Å²) in [7, 11) is 2.18. The van der Waals surface area contributed by atoms with Crippen LogP contribution in [0.15, 0.2) is 24.3 Å². The summed E-state index contributed by atoms with van der Waals surface area (Å²) in [6, 6.07) is 10.2. The van der Waals surface area contributed by atoms with Gasteiger partial charge in [-0.2, -0.15) is 5.26 Å². The third-order valence-electron chi connectivity index (χ3n) is 3.65. The number of nitriles is 1. The van der Waals surface area contributed by atoms with Crippen molar-refractivity contribution in [1.82, 2.24) is 9.80 Å². The van der Waals surface area contributed by atoms with Gasteiger partial charge in [0.15, 0.2) is 0 Å². The van der Waals surface area contributed by atoms with E-state index in [1.165, 1.54) is 31.7 Å². The largest absolute Gasteiger partial charge is 0.304 e. The van der Waals surface area contributed by atoms with Gasteiger partial charge in [0.05, 0.1) is 11.6 Å². The molecule has 0 aromatic heterocycles. The zero-order valence-electron chi connectivity index (χ0n) is 11.1. The number of nitrogens with zero attached hydrogens (tertiary/aromatic N) is 3. The Kier molecular flexibility index (Phi) is 4.74. The van der Waals surface area contributed by atoms with Crippen molar-refractivity contribution >= 4 is 0 Å². The summed E-state index contributed by atoms with van der Waals surface area (Å²) >= 11 is 0. The molecule has 0 amide bonds. The molecule has 1 aliphatic rings. The van der Waals surface area contributed by atoms with E-state index in [9.17, 15) is 0 Å². The Morgan fingerprint density at radius 2 is 1.89 bits per heavy atom. The fraction of sp³-hybridized carbons (Fsp3) is 0.533. The van der Waals surface area contributed by atoms with Crippen molar-refractivity contribution < 1.29 is 0 Å². The maximum atomic E-state index is 9.03. The lowest BCUT2D eigenvalue weighted by Crippen LogP contribution is -2.44. The molecular weight excluding hydrogens is 222 g/mol. The topological polar surface area (TPSA) is 30.3 Å². The van der Waals surface area contributed by atoms with E-state index < -0.39 is 0 Å². The van der Waals surface area contributed by atoms with Crippen LogP contribution in [0.5, 0.6) is 0 Å². The van der Waals surface area contributed by atoms with Crippen LogP contribution in [0, 0.1) is 11.3 Å². The molecule has 0 radical (unpaired) electrons. The van der Waals surface area contributed by atoms with Crippen LogP contribution in [0.3, 0.4) is 0 Å². The molecule has 1 heterocycles. The molecule has 2 rings (SSSR count). The van der Waals surface area contributed by atoms with Crippen LogP contribution in [0.25, 0.3) is 0 Å². The van der Waals surface area contributed by atoms with Gasteiger partial charge < -0.3 is 9.80 Å². The quantitative estimate of drug-likeness (QED) is 0.807. The lowest BCUT2D eigenvalue weighted by Gasteiger charge is -2.32. The molecule has 3 heteroatoms. The number of hydrogen-bond acceptors (Lipinski definition) is 3. The van der Waals surface area contributed by atoms with Crippen molar-refractivity contribution in [3.8, 4) is 6.07 Å². The number of benzene rings is 1. The standard InChI is InChI=1S/C15H21N3/c1-17-9-11-18(12-10-17)8-4-7-14-5-2-3-6-15(14)13-16/h2-3,5-6H,4,7-12H2,1H3. The fourth-order valence-corrected chi connectivity index (χ4v) is 2.41. The Balaban J connectivity index is 1.77. The first-order chi connectivity index (χ1) is 8.79. The summed E-state index contributed by atoms with van der Waals surface area (Å²) in [4.78, 5) is 4.90. The van der Waals surface area contributed by atoms with E-state index in [0.717, 1.165) is 24.9 Å². The fourth-order valence-electron chi connectivity index (χ4n) is 2.41. The maximum Gasteiger partial charge on any atom is 0.0994 e. The molecule has 0 aliphatic carbocycles. The molecule has 0 N–H and O–H groups in total. The van der Waals surface area contributed by atoms with Crippen molar-refractivity contribution in [2.45, 2.75) is 12.8 Å². The van der Waals surface area contributed by atoms with Crippen molar-refractivity contribution in [1.29, 1.82) is 5.26 Å². The monoisotopic (exact) mass is 243 g/mol. The van der Waals surface area contributed by atoms with Crippen LogP contribution >= 0.6 is 0 Å². The summed E-state index contributed by atoms with van der Waals surface area (Å²) < 4.78 is 0. The minimum Gasteiger partial charge on any atom is -0.304 e. The zero-order chi connectivity index (χ0) is 12.8. The van der Waals surface area contributed by atoms with Crippen LogP contribution in [0.2, 0.25) is 0 Å². The first kappa shape index (κ1) is 13.1. The molecule has 0 atom stereocenters. The molecule has 1 fully saturated rings. The van der Waals surface area contributed by atoms with E-state index >= 15 is 0 Å². The first-order valence-electron chi connectivity index (χ1n) is 6.68. The maximum absolute atomic E-state index is 9.03. The molecule has 96 valence electrons. The van der Waals surface area contributed by atoms with E-state index in [-0.39, 0.29) is 0 Å². The van der Waals surface area contributed by atoms with Gasteiger partial charge in [0, 0.05) is 26.2 Å². The highest BCUT2D eigenvalue weighted by atomic mass is 15.2. The van der Waals surface area contributed by atoms with Crippen molar-refractivity contribution in [2.75, 3.05) is 39.8 Å². The molecule has 3 nitrogen and oxygen atoms in total. The molecule has 0 bridgehead atoms. The van der Waals surface area contributed by atoms with Gasteiger partial charge in [-0.3, -0.25) is 0 Å². The lowest BCUT2D eigenvalue weighted by atomic mass is 10.0. The Morgan fingerprint density at radius 3 is 2.61 bits per heavy atom. The molecule has 1 aromatic carbocycles. The number of piperazine rings is 1. The summed E-state index contributed by atoms with van der Waals surface area (Å²) in [5.41, 5.74) is 2.02. The SMILES string of the molecule is CN1CCN(CCCc2ccccc2C#N)CC1. The number of rotatable bonds is 4. The molecule has 1 aromatic rings. The lowest BCUT2D eigenvalue weighted by molar-refractivity contribution is 0.153. The number of likely N-dealkylation sites (N-methyl/N-ethyl adjacent to an activating group) is 1.